The van der Waals surface area contributed by atoms with Crippen LogP contribution in [0.4, 0.5) is 0 Å². The fraction of sp³-hybridized carbons (Fsp3) is 0.571. The molecule has 26 heavy (non-hydrogen) atoms. The van der Waals surface area contributed by atoms with Crippen LogP contribution in [0.25, 0.3) is 0 Å². The van der Waals surface area contributed by atoms with E-state index in [0.717, 1.165) is 36.3 Å². The Morgan fingerprint density at radius 2 is 2.00 bits per heavy atom. The number of aliphatic carboxylic acids is 1. The summed E-state index contributed by atoms with van der Waals surface area (Å²) in [7, 11) is 0. The monoisotopic (exact) mass is 359 g/mol. The highest BCUT2D eigenvalue weighted by Gasteiger charge is 2.18. The van der Waals surface area contributed by atoms with Crippen molar-refractivity contribution >= 4 is 17.5 Å². The van der Waals surface area contributed by atoms with Crippen LogP contribution in [0.15, 0.2) is 23.2 Å². The summed E-state index contributed by atoms with van der Waals surface area (Å²) in [5.74, 6) is 0.135. The molecule has 0 radical (unpaired) electrons. The van der Waals surface area contributed by atoms with E-state index in [1.807, 2.05) is 18.2 Å². The summed E-state index contributed by atoms with van der Waals surface area (Å²) in [6, 6.07) is 5.92. The van der Waals surface area contributed by atoms with E-state index in [-0.39, 0.29) is 24.2 Å². The number of ketones is 1. The Kier molecular flexibility index (Phi) is 6.95. The number of carboxylic acid groups (broad SMARTS) is 1. The average Bonchev–Trinajstić information content (AvgIpc) is 2.55. The maximum Gasteiger partial charge on any atom is 0.303 e. The molecule has 0 spiro atoms. The van der Waals surface area contributed by atoms with Crippen LogP contribution in [0.5, 0.6) is 5.75 Å². The van der Waals surface area contributed by atoms with Crippen LogP contribution in [-0.2, 0) is 16.0 Å². The van der Waals surface area contributed by atoms with Gasteiger partial charge in [-0.2, -0.15) is 0 Å². The van der Waals surface area contributed by atoms with Crippen LogP contribution < -0.4 is 4.74 Å². The third-order valence-electron chi connectivity index (χ3n) is 4.22. The van der Waals surface area contributed by atoms with Gasteiger partial charge < -0.3 is 9.84 Å². The molecule has 1 aliphatic rings. The molecule has 0 amide bonds. The highest BCUT2D eigenvalue weighted by Crippen LogP contribution is 2.26. The molecule has 0 fully saturated rings. The topological polar surface area (TPSA) is 76.0 Å². The highest BCUT2D eigenvalue weighted by atomic mass is 16.5. The fourth-order valence-electron chi connectivity index (χ4n) is 3.14. The number of hydrogen-bond donors (Lipinski definition) is 1. The lowest BCUT2D eigenvalue weighted by Gasteiger charge is -2.20. The third kappa shape index (κ3) is 6.62. The lowest BCUT2D eigenvalue weighted by Crippen LogP contribution is -2.18. The van der Waals surface area contributed by atoms with E-state index in [2.05, 4.69) is 25.8 Å². The molecule has 0 atom stereocenters. The van der Waals surface area contributed by atoms with E-state index in [4.69, 9.17) is 9.84 Å². The molecular formula is C21H29NO4. The molecule has 0 saturated carbocycles. The lowest BCUT2D eigenvalue weighted by atomic mass is 9.89. The second-order valence-electron chi connectivity index (χ2n) is 8.06. The van der Waals surface area contributed by atoms with Gasteiger partial charge in [0.2, 0.25) is 0 Å². The maximum absolute atomic E-state index is 12.1. The van der Waals surface area contributed by atoms with Crippen LogP contribution in [-0.4, -0.2) is 35.7 Å². The van der Waals surface area contributed by atoms with Crippen molar-refractivity contribution in [2.45, 2.75) is 59.3 Å². The van der Waals surface area contributed by atoms with Gasteiger partial charge >= 0.3 is 5.97 Å². The Labute approximate surface area is 155 Å². The summed E-state index contributed by atoms with van der Waals surface area (Å²) in [5, 5.41) is 8.66. The number of hydrogen-bond acceptors (Lipinski definition) is 4. The first kappa shape index (κ1) is 20.1. The molecule has 0 aliphatic heterocycles. The Balaban J connectivity index is 1.99. The minimum absolute atomic E-state index is 0.00534. The third-order valence-corrected chi connectivity index (χ3v) is 4.22. The molecule has 0 heterocycles. The number of benzene rings is 1. The molecule has 0 aromatic heterocycles. The zero-order valence-electron chi connectivity index (χ0n) is 16.0. The van der Waals surface area contributed by atoms with Crippen molar-refractivity contribution in [2.24, 2.45) is 10.4 Å². The Hall–Kier alpha value is -2.17. The Morgan fingerprint density at radius 3 is 2.69 bits per heavy atom. The molecule has 1 N–H and O–H groups in total. The summed E-state index contributed by atoms with van der Waals surface area (Å²) < 4.78 is 5.65. The number of ether oxygens (including phenoxy) is 1. The van der Waals surface area contributed by atoms with E-state index < -0.39 is 5.97 Å². The number of aliphatic imine (C=N–C) groups is 1. The molecule has 2 rings (SSSR count). The number of carboxylic acids is 1. The first-order valence-electron chi connectivity index (χ1n) is 9.27. The fourth-order valence-corrected chi connectivity index (χ4v) is 3.14. The molecule has 0 unspecified atom stereocenters. The van der Waals surface area contributed by atoms with Crippen LogP contribution in [0.1, 0.15) is 64.0 Å². The van der Waals surface area contributed by atoms with Crippen molar-refractivity contribution in [3.8, 4) is 5.75 Å². The average molecular weight is 359 g/mol. The van der Waals surface area contributed by atoms with Gasteiger partial charge in [0.05, 0.1) is 13.2 Å². The summed E-state index contributed by atoms with van der Waals surface area (Å²) >= 11 is 0. The van der Waals surface area contributed by atoms with E-state index in [1.54, 1.807) is 0 Å². The van der Waals surface area contributed by atoms with Gasteiger partial charge in [-0.25, -0.2) is 0 Å². The van der Waals surface area contributed by atoms with Crippen molar-refractivity contribution < 1.29 is 19.4 Å². The molecule has 5 nitrogen and oxygen atoms in total. The number of fused-ring (bicyclic) bond motifs is 1. The number of rotatable bonds is 8. The van der Waals surface area contributed by atoms with E-state index >= 15 is 0 Å². The summed E-state index contributed by atoms with van der Waals surface area (Å²) in [6.45, 7) is 6.83. The summed E-state index contributed by atoms with van der Waals surface area (Å²) in [5.41, 5.74) is 3.30. The number of carbonyl (C=O) groups is 2. The summed E-state index contributed by atoms with van der Waals surface area (Å²) in [4.78, 5) is 27.2. The number of Topliss-reactive ketones (excluding diaryl/α,β-unsaturated/α-hetero) is 1. The smallest absolute Gasteiger partial charge is 0.303 e. The zero-order valence-corrected chi connectivity index (χ0v) is 16.0. The van der Waals surface area contributed by atoms with Gasteiger partial charge in [0.15, 0.2) is 5.78 Å². The molecule has 1 aliphatic carbocycles. The second kappa shape index (κ2) is 8.97. The first-order chi connectivity index (χ1) is 12.2. The molecule has 1 aromatic rings. The Bertz CT molecular complexity index is 686. The van der Waals surface area contributed by atoms with Crippen LogP contribution in [0.3, 0.4) is 0 Å². The van der Waals surface area contributed by atoms with E-state index in [1.165, 1.54) is 5.56 Å². The van der Waals surface area contributed by atoms with Gasteiger partial charge in [0, 0.05) is 18.6 Å². The minimum atomic E-state index is -0.805. The van der Waals surface area contributed by atoms with Crippen molar-refractivity contribution in [3.63, 3.8) is 0 Å². The predicted molar refractivity (Wildman–Crippen MR) is 102 cm³/mol. The highest BCUT2D eigenvalue weighted by molar-refractivity contribution is 6.03. The molecule has 142 valence electrons. The predicted octanol–water partition coefficient (Wildman–Crippen LogP) is 4.06. The van der Waals surface area contributed by atoms with Gasteiger partial charge in [0.1, 0.15) is 5.75 Å². The van der Waals surface area contributed by atoms with Crippen molar-refractivity contribution in [2.75, 3.05) is 13.2 Å². The van der Waals surface area contributed by atoms with Crippen LogP contribution in [0.2, 0.25) is 0 Å². The molecular weight excluding hydrogens is 330 g/mol. The van der Waals surface area contributed by atoms with E-state index in [0.29, 0.717) is 19.4 Å². The van der Waals surface area contributed by atoms with Crippen LogP contribution in [0, 0.1) is 5.41 Å². The number of aryl methyl sites for hydroxylation is 1. The van der Waals surface area contributed by atoms with Gasteiger partial charge in [-0.1, -0.05) is 20.8 Å². The van der Waals surface area contributed by atoms with Crippen molar-refractivity contribution in [3.05, 3.63) is 29.3 Å². The molecule has 1 aromatic carbocycles. The number of nitrogens with zero attached hydrogens (tertiary/aromatic N) is 1. The van der Waals surface area contributed by atoms with Crippen molar-refractivity contribution in [1.29, 1.82) is 0 Å². The quantitative estimate of drug-likeness (QED) is 0.710. The lowest BCUT2D eigenvalue weighted by molar-refractivity contribution is -0.137. The Morgan fingerprint density at radius 1 is 1.23 bits per heavy atom. The standard InChI is InChI=1S/C21H29NO4/c1-21(2,3)13-16(23)14-22-19-7-4-6-15-12-17(9-10-18(15)19)26-11-5-8-20(24)25/h9-10,12H,4-8,11,13-14H2,1-3H3,(H,24,25). The normalized spacial score (nSPS) is 15.6. The molecule has 5 heteroatoms. The SMILES string of the molecule is CC(C)(C)CC(=O)CN=C1CCCc2cc(OCCCC(=O)O)ccc21. The number of carbonyl (C=O) groups excluding carboxylic acids is 1. The van der Waals surface area contributed by atoms with Crippen molar-refractivity contribution in [1.82, 2.24) is 0 Å². The first-order valence-corrected chi connectivity index (χ1v) is 9.27. The van der Waals surface area contributed by atoms with Gasteiger partial charge in [-0.15, -0.1) is 0 Å². The minimum Gasteiger partial charge on any atom is -0.494 e. The molecule has 0 bridgehead atoms. The summed E-state index contributed by atoms with van der Waals surface area (Å²) in [6.07, 6.45) is 4.03. The maximum atomic E-state index is 12.1. The van der Waals surface area contributed by atoms with Gasteiger partial charge in [-0.3, -0.25) is 14.6 Å². The van der Waals surface area contributed by atoms with E-state index in [9.17, 15) is 9.59 Å². The van der Waals surface area contributed by atoms with Crippen LogP contribution >= 0.6 is 0 Å². The van der Waals surface area contributed by atoms with Gasteiger partial charge in [-0.05, 0) is 60.4 Å². The second-order valence-corrected chi connectivity index (χ2v) is 8.06. The largest absolute Gasteiger partial charge is 0.494 e. The zero-order chi connectivity index (χ0) is 19.2. The van der Waals surface area contributed by atoms with Gasteiger partial charge in [0.25, 0.3) is 0 Å². The molecule has 0 saturated heterocycles.